The van der Waals surface area contributed by atoms with Crippen LogP contribution in [0, 0.1) is 56.7 Å². The van der Waals surface area contributed by atoms with Crippen LogP contribution in [0.15, 0.2) is 35.4 Å². The number of esters is 2. The fourth-order valence-electron chi connectivity index (χ4n) is 13.0. The minimum Gasteiger partial charge on any atom is -0.481 e. The molecule has 1 aromatic carbocycles. The van der Waals surface area contributed by atoms with Crippen LogP contribution in [0.2, 0.25) is 5.02 Å². The monoisotopic (exact) mass is 765 g/mol. The summed E-state index contributed by atoms with van der Waals surface area (Å²) in [5.74, 6) is -0.154. The number of fused-ring (bicyclic) bond motifs is 7. The number of allylic oxidation sites excluding steroid dienone is 1. The van der Waals surface area contributed by atoms with E-state index in [-0.39, 0.29) is 58.3 Å². The van der Waals surface area contributed by atoms with Gasteiger partial charge in [-0.2, -0.15) is 0 Å². The van der Waals surface area contributed by atoms with Crippen molar-refractivity contribution in [3.63, 3.8) is 0 Å². The van der Waals surface area contributed by atoms with Crippen molar-refractivity contribution in [2.45, 2.75) is 145 Å². The fraction of sp³-hybridized carbons (Fsp3) is 0.733. The summed E-state index contributed by atoms with van der Waals surface area (Å²) in [6.45, 7) is 19.8. The van der Waals surface area contributed by atoms with Crippen molar-refractivity contribution in [2.75, 3.05) is 6.54 Å². The normalized spacial score (nSPS) is 36.8. The third kappa shape index (κ3) is 6.77. The average Bonchev–Trinajstić information content (AvgIpc) is 3.39. The topological polar surface area (TPSA) is 119 Å². The molecule has 4 fully saturated rings. The second-order valence-corrected chi connectivity index (χ2v) is 20.0. The smallest absolute Gasteiger partial charge is 0.309 e. The zero-order valence-electron chi connectivity index (χ0n) is 34.1. The molecule has 9 heteroatoms. The van der Waals surface area contributed by atoms with Crippen LogP contribution in [0.25, 0.3) is 0 Å². The number of carbonyl (C=O) groups is 4. The highest BCUT2D eigenvalue weighted by Gasteiger charge is 2.70. The van der Waals surface area contributed by atoms with Gasteiger partial charge in [-0.25, -0.2) is 0 Å². The number of hydrogen-bond donors (Lipinski definition) is 2. The molecule has 10 atom stereocenters. The van der Waals surface area contributed by atoms with Crippen LogP contribution in [0.1, 0.15) is 132 Å². The zero-order valence-corrected chi connectivity index (χ0v) is 34.9. The van der Waals surface area contributed by atoms with Crippen LogP contribution in [-0.4, -0.2) is 47.6 Å². The maximum absolute atomic E-state index is 14.2. The van der Waals surface area contributed by atoms with Gasteiger partial charge in [0.15, 0.2) is 5.78 Å². The highest BCUT2D eigenvalue weighted by atomic mass is 35.5. The molecule has 4 saturated carbocycles. The first kappa shape index (κ1) is 40.9. The summed E-state index contributed by atoms with van der Waals surface area (Å²) < 4.78 is 12.3. The fourth-order valence-corrected chi connectivity index (χ4v) is 13.1. The van der Waals surface area contributed by atoms with Gasteiger partial charge < -0.3 is 19.9 Å². The van der Waals surface area contributed by atoms with Crippen molar-refractivity contribution >= 4 is 35.3 Å². The summed E-state index contributed by atoms with van der Waals surface area (Å²) in [6, 6.07) is 7.76. The van der Waals surface area contributed by atoms with Gasteiger partial charge in [-0.3, -0.25) is 19.2 Å². The lowest BCUT2D eigenvalue weighted by Gasteiger charge is -2.71. The number of halogens is 1. The predicted molar refractivity (Wildman–Crippen MR) is 209 cm³/mol. The van der Waals surface area contributed by atoms with Gasteiger partial charge in [-0.1, -0.05) is 65.3 Å². The second-order valence-electron chi connectivity index (χ2n) is 19.6. The largest absolute Gasteiger partial charge is 0.481 e. The number of hydrogen-bond acceptors (Lipinski definition) is 7. The zero-order chi connectivity index (χ0) is 39.6. The maximum atomic E-state index is 14.2. The lowest BCUT2D eigenvalue weighted by molar-refractivity contribution is -0.218. The summed E-state index contributed by atoms with van der Waals surface area (Å²) in [6.07, 6.45) is 7.32. The lowest BCUT2D eigenvalue weighted by Crippen LogP contribution is -2.65. The summed E-state index contributed by atoms with van der Waals surface area (Å²) in [7, 11) is 0. The molecule has 0 unspecified atom stereocenters. The molecular formula is C45H64ClNO7. The van der Waals surface area contributed by atoms with Crippen molar-refractivity contribution < 1.29 is 33.8 Å². The summed E-state index contributed by atoms with van der Waals surface area (Å²) in [5, 5.41) is 13.9. The molecule has 0 saturated heterocycles. The third-order valence-corrected chi connectivity index (χ3v) is 16.2. The molecule has 5 aliphatic carbocycles. The van der Waals surface area contributed by atoms with E-state index in [4.69, 9.17) is 21.1 Å². The SMILES string of the molecule is CC(=O)O[C@H](CNCc1ccc(Cl)cc1)[C@@]12CC[C@]3(C)[C@H](CC[C@@H]4[C@@]5(C)CC[C@H](OC(=O)CC(C)(C)C(=O)O)[C@H](C)[C@@H]5CC[C@]43C)C1=C(C(C)C)C(=O)C2. The van der Waals surface area contributed by atoms with Crippen molar-refractivity contribution in [2.24, 2.45) is 56.7 Å². The highest BCUT2D eigenvalue weighted by Crippen LogP contribution is 2.76. The molecule has 1 aromatic rings. The van der Waals surface area contributed by atoms with Crippen LogP contribution in [0.3, 0.4) is 0 Å². The number of carboxylic acids is 1. The van der Waals surface area contributed by atoms with E-state index in [1.54, 1.807) is 13.8 Å². The molecule has 54 heavy (non-hydrogen) atoms. The molecule has 2 N–H and O–H groups in total. The van der Waals surface area contributed by atoms with E-state index in [1.165, 1.54) is 12.5 Å². The molecule has 8 nitrogen and oxygen atoms in total. The number of benzene rings is 1. The van der Waals surface area contributed by atoms with Crippen molar-refractivity contribution in [3.05, 3.63) is 46.0 Å². The Morgan fingerprint density at radius 1 is 0.981 bits per heavy atom. The number of ketones is 1. The van der Waals surface area contributed by atoms with Crippen LogP contribution in [0.5, 0.6) is 0 Å². The minimum atomic E-state index is -1.16. The molecule has 6 rings (SSSR count). The first-order valence-corrected chi connectivity index (χ1v) is 20.9. The van der Waals surface area contributed by atoms with Crippen molar-refractivity contribution in [1.29, 1.82) is 0 Å². The Kier molecular flexibility index (Phi) is 11.1. The van der Waals surface area contributed by atoms with Gasteiger partial charge in [0.05, 0.1) is 11.8 Å². The Morgan fingerprint density at radius 2 is 1.67 bits per heavy atom. The molecular weight excluding hydrogens is 702 g/mol. The molecule has 0 heterocycles. The van der Waals surface area contributed by atoms with Crippen LogP contribution < -0.4 is 5.32 Å². The van der Waals surface area contributed by atoms with E-state index >= 15 is 0 Å². The van der Waals surface area contributed by atoms with Gasteiger partial charge in [0.25, 0.3) is 0 Å². The van der Waals surface area contributed by atoms with Gasteiger partial charge in [0, 0.05) is 36.9 Å². The summed E-state index contributed by atoms with van der Waals surface area (Å²) >= 11 is 6.14. The standard InChI is InChI=1S/C45H64ClNO7/c1-26(2)38-33(49)22-45(36(53-28(4)48)25-47-24-29-10-12-30(46)13-11-29)21-20-43(8)32(39(38)45)14-15-35-42(7)18-17-34(27(3)31(42)16-19-44(35,43)9)54-37(50)23-41(5,6)40(51)52/h10-13,26-27,31-32,34-36,47H,14-25H2,1-9H3,(H,51,52)/t27-,31+,32-,34+,35-,36-,42+,43-,44-,45+/m1/s1. The van der Waals surface area contributed by atoms with E-state index in [1.807, 2.05) is 24.3 Å². The number of aliphatic carboxylic acids is 1. The Balaban J connectivity index is 1.28. The Bertz CT molecular complexity index is 1680. The van der Waals surface area contributed by atoms with Gasteiger partial charge in [-0.05, 0) is 140 Å². The Labute approximate surface area is 327 Å². The minimum absolute atomic E-state index is 0.0343. The molecule has 0 radical (unpaired) electrons. The van der Waals surface area contributed by atoms with Crippen molar-refractivity contribution in [3.8, 4) is 0 Å². The van der Waals surface area contributed by atoms with E-state index in [0.717, 1.165) is 62.5 Å². The van der Waals surface area contributed by atoms with Crippen molar-refractivity contribution in [1.82, 2.24) is 5.32 Å². The number of ether oxygens (including phenoxy) is 2. The number of nitrogens with one attached hydrogen (secondary N) is 1. The maximum Gasteiger partial charge on any atom is 0.309 e. The quantitative estimate of drug-likeness (QED) is 0.214. The Hall–Kier alpha value is -2.71. The van der Waals surface area contributed by atoms with Gasteiger partial charge in [0.1, 0.15) is 12.2 Å². The molecule has 0 spiro atoms. The van der Waals surface area contributed by atoms with E-state index in [2.05, 4.69) is 46.9 Å². The van der Waals surface area contributed by atoms with Gasteiger partial charge in [-0.15, -0.1) is 0 Å². The van der Waals surface area contributed by atoms with Crippen LogP contribution in [-0.2, 0) is 35.2 Å². The molecule has 0 aromatic heterocycles. The molecule has 0 aliphatic heterocycles. The summed E-state index contributed by atoms with van der Waals surface area (Å²) in [4.78, 5) is 51.7. The first-order valence-electron chi connectivity index (χ1n) is 20.5. The number of rotatable bonds is 11. The van der Waals surface area contributed by atoms with E-state index in [9.17, 15) is 24.3 Å². The van der Waals surface area contributed by atoms with Gasteiger partial charge >= 0.3 is 17.9 Å². The number of carboxylic acid groups (broad SMARTS) is 1. The summed E-state index contributed by atoms with van der Waals surface area (Å²) in [5.41, 5.74) is 1.73. The lowest BCUT2D eigenvalue weighted by atomic mass is 9.33. The van der Waals surface area contributed by atoms with Crippen LogP contribution in [0.4, 0.5) is 0 Å². The average molecular weight is 766 g/mol. The molecule has 298 valence electrons. The Morgan fingerprint density at radius 3 is 2.30 bits per heavy atom. The highest BCUT2D eigenvalue weighted by molar-refractivity contribution is 6.30. The van der Waals surface area contributed by atoms with Crippen LogP contribution >= 0.6 is 11.6 Å². The van der Waals surface area contributed by atoms with E-state index < -0.39 is 28.9 Å². The van der Waals surface area contributed by atoms with Gasteiger partial charge in [0.2, 0.25) is 0 Å². The molecule has 0 amide bonds. The molecule has 0 bridgehead atoms. The second kappa shape index (κ2) is 14.7. The molecule has 5 aliphatic rings. The van der Waals surface area contributed by atoms with E-state index in [0.29, 0.717) is 36.4 Å². The first-order chi connectivity index (χ1) is 25.2. The third-order valence-electron chi connectivity index (χ3n) is 16.0. The number of Topliss-reactive ketones (excluding diaryl/α,β-unsaturated/α-hetero) is 1. The number of carbonyl (C=O) groups excluding carboxylic acids is 3. The predicted octanol–water partition coefficient (Wildman–Crippen LogP) is 9.36.